The molecule has 5 nitrogen and oxygen atoms in total. The first-order valence-corrected chi connectivity index (χ1v) is 13.7. The van der Waals surface area contributed by atoms with Gasteiger partial charge in [-0.25, -0.2) is 4.39 Å². The summed E-state index contributed by atoms with van der Waals surface area (Å²) >= 11 is 0. The van der Waals surface area contributed by atoms with Gasteiger partial charge in [-0.3, -0.25) is 4.79 Å². The smallest absolute Gasteiger partial charge is 0.258 e. The Labute approximate surface area is 229 Å². The number of aromatic nitrogens is 1. The molecule has 1 unspecified atom stereocenters. The normalized spacial score (nSPS) is 17.4. The quantitative estimate of drug-likeness (QED) is 0.254. The third-order valence-corrected chi connectivity index (χ3v) is 7.30. The number of ether oxygens (including phenoxy) is 1. The Morgan fingerprint density at radius 1 is 1.00 bits per heavy atom. The van der Waals surface area contributed by atoms with Gasteiger partial charge in [0.05, 0.1) is 23.5 Å². The van der Waals surface area contributed by atoms with Crippen LogP contribution < -0.4 is 5.32 Å². The Bertz CT molecular complexity index is 1400. The molecule has 0 spiro atoms. The molecule has 2 N–H and O–H groups in total. The fourth-order valence-electron chi connectivity index (χ4n) is 5.54. The number of nitrogens with zero attached hydrogens (tertiary/aromatic N) is 1. The Hall–Kier alpha value is -3.74. The van der Waals surface area contributed by atoms with Gasteiger partial charge >= 0.3 is 0 Å². The van der Waals surface area contributed by atoms with Crippen molar-refractivity contribution in [2.45, 2.75) is 57.8 Å². The minimum atomic E-state index is -0.360. The first kappa shape index (κ1) is 26.9. The van der Waals surface area contributed by atoms with Crippen molar-refractivity contribution in [1.29, 1.82) is 0 Å². The number of carbonyl (C=O) groups is 1. The van der Waals surface area contributed by atoms with E-state index in [0.717, 1.165) is 33.8 Å². The first-order chi connectivity index (χ1) is 18.9. The summed E-state index contributed by atoms with van der Waals surface area (Å²) in [6, 6.07) is 25.8. The summed E-state index contributed by atoms with van der Waals surface area (Å²) in [5.74, 6) is -0.472. The maximum Gasteiger partial charge on any atom is 0.258 e. The highest BCUT2D eigenvalue weighted by atomic mass is 19.1. The van der Waals surface area contributed by atoms with E-state index in [0.29, 0.717) is 38.0 Å². The van der Waals surface area contributed by atoms with Crippen LogP contribution in [0.2, 0.25) is 0 Å². The average Bonchev–Trinajstić information content (AvgIpc) is 3.29. The second kappa shape index (κ2) is 12.0. The maximum absolute atomic E-state index is 14.1. The molecule has 2 atom stereocenters. The highest BCUT2D eigenvalue weighted by Crippen LogP contribution is 2.42. The molecule has 2 heterocycles. The van der Waals surface area contributed by atoms with E-state index in [4.69, 9.17) is 4.74 Å². The number of hydrogen-bond acceptors (Lipinski definition) is 3. The number of para-hydroxylation sites is 1. The van der Waals surface area contributed by atoms with E-state index in [-0.39, 0.29) is 29.9 Å². The zero-order chi connectivity index (χ0) is 27.4. The van der Waals surface area contributed by atoms with Crippen LogP contribution in [-0.4, -0.2) is 34.4 Å². The second-order valence-corrected chi connectivity index (χ2v) is 10.4. The minimum Gasteiger partial charge on any atom is -0.393 e. The predicted molar refractivity (Wildman–Crippen MR) is 153 cm³/mol. The first-order valence-electron chi connectivity index (χ1n) is 13.7. The van der Waals surface area contributed by atoms with Gasteiger partial charge in [-0.1, -0.05) is 62.4 Å². The highest BCUT2D eigenvalue weighted by Gasteiger charge is 2.31. The van der Waals surface area contributed by atoms with Gasteiger partial charge < -0.3 is 19.7 Å². The zero-order valence-corrected chi connectivity index (χ0v) is 22.4. The summed E-state index contributed by atoms with van der Waals surface area (Å²) in [6.45, 7) is 5.32. The third-order valence-electron chi connectivity index (χ3n) is 7.30. The number of aliphatic hydroxyl groups is 1. The molecule has 1 aliphatic heterocycles. The summed E-state index contributed by atoms with van der Waals surface area (Å²) < 4.78 is 22.2. The predicted octanol–water partition coefficient (Wildman–Crippen LogP) is 7.27. The molecular formula is C33H35FN2O3. The molecular weight excluding hydrogens is 491 g/mol. The van der Waals surface area contributed by atoms with Gasteiger partial charge in [0.1, 0.15) is 5.82 Å². The Balaban J connectivity index is 1.71. The molecule has 1 fully saturated rings. The van der Waals surface area contributed by atoms with E-state index in [1.807, 2.05) is 60.7 Å². The van der Waals surface area contributed by atoms with Crippen molar-refractivity contribution in [2.75, 3.05) is 11.9 Å². The standard InChI is InChI=1S/C33H35FN2O3/c1-22(2)31-30(33(38)35-26-11-7-4-8-12-26)29(23-9-5-3-6-10-23)32(24-13-15-25(34)16-14-24)36(31)19-17-28-21-27(37)18-20-39-28/h3-16,22,27-28,37H,17-21H2,1-2H3,(H,35,38)/t27-,28?/m0/s1. The van der Waals surface area contributed by atoms with Gasteiger partial charge in [0, 0.05) is 30.1 Å². The van der Waals surface area contributed by atoms with E-state index < -0.39 is 0 Å². The molecule has 0 aliphatic carbocycles. The van der Waals surface area contributed by atoms with Crippen molar-refractivity contribution in [3.63, 3.8) is 0 Å². The van der Waals surface area contributed by atoms with E-state index >= 15 is 0 Å². The van der Waals surface area contributed by atoms with Crippen LogP contribution in [-0.2, 0) is 11.3 Å². The monoisotopic (exact) mass is 526 g/mol. The molecule has 0 saturated carbocycles. The molecule has 4 aromatic rings. The largest absolute Gasteiger partial charge is 0.393 e. The highest BCUT2D eigenvalue weighted by molar-refractivity contribution is 6.12. The third kappa shape index (κ3) is 5.97. The number of halogens is 1. The SMILES string of the molecule is CC(C)c1c(C(=O)Nc2ccccc2)c(-c2ccccc2)c(-c2ccc(F)cc2)n1CCC1C[C@@H](O)CCO1. The molecule has 0 radical (unpaired) electrons. The van der Waals surface area contributed by atoms with Crippen LogP contribution in [0.25, 0.3) is 22.4 Å². The van der Waals surface area contributed by atoms with Crippen LogP contribution in [0.15, 0.2) is 84.9 Å². The summed E-state index contributed by atoms with van der Waals surface area (Å²) in [4.78, 5) is 14.1. The van der Waals surface area contributed by atoms with Crippen molar-refractivity contribution in [3.05, 3.63) is 102 Å². The van der Waals surface area contributed by atoms with Gasteiger partial charge in [0.25, 0.3) is 5.91 Å². The summed E-state index contributed by atoms with van der Waals surface area (Å²) in [5.41, 5.74) is 5.70. The van der Waals surface area contributed by atoms with Crippen molar-refractivity contribution in [3.8, 4) is 22.4 Å². The molecule has 0 bridgehead atoms. The average molecular weight is 527 g/mol. The number of amides is 1. The van der Waals surface area contributed by atoms with Gasteiger partial charge in [0.15, 0.2) is 0 Å². The van der Waals surface area contributed by atoms with Crippen LogP contribution in [0.4, 0.5) is 10.1 Å². The lowest BCUT2D eigenvalue weighted by Gasteiger charge is -2.27. The Kier molecular flexibility index (Phi) is 8.24. The molecule has 202 valence electrons. The second-order valence-electron chi connectivity index (χ2n) is 10.4. The minimum absolute atomic E-state index is 0.0241. The molecule has 5 rings (SSSR count). The number of anilines is 1. The van der Waals surface area contributed by atoms with Crippen LogP contribution >= 0.6 is 0 Å². The number of aliphatic hydroxyl groups excluding tert-OH is 1. The van der Waals surface area contributed by atoms with Crippen LogP contribution in [0, 0.1) is 5.82 Å². The van der Waals surface area contributed by atoms with Crippen molar-refractivity contribution < 1.29 is 19.0 Å². The van der Waals surface area contributed by atoms with E-state index in [2.05, 4.69) is 23.7 Å². The molecule has 6 heteroatoms. The number of benzene rings is 3. The number of carbonyl (C=O) groups excluding carboxylic acids is 1. The summed E-state index contributed by atoms with van der Waals surface area (Å²) in [5, 5.41) is 13.3. The van der Waals surface area contributed by atoms with Crippen molar-refractivity contribution in [2.24, 2.45) is 0 Å². The molecule has 1 saturated heterocycles. The van der Waals surface area contributed by atoms with E-state index in [1.165, 1.54) is 12.1 Å². The van der Waals surface area contributed by atoms with E-state index in [1.54, 1.807) is 12.1 Å². The lowest BCUT2D eigenvalue weighted by atomic mass is 9.94. The van der Waals surface area contributed by atoms with Crippen LogP contribution in [0.1, 0.15) is 55.1 Å². The lowest BCUT2D eigenvalue weighted by molar-refractivity contribution is -0.0477. The van der Waals surface area contributed by atoms with Gasteiger partial charge in [-0.2, -0.15) is 0 Å². The number of nitrogens with one attached hydrogen (secondary N) is 1. The van der Waals surface area contributed by atoms with Crippen molar-refractivity contribution >= 4 is 11.6 Å². The Morgan fingerprint density at radius 3 is 2.31 bits per heavy atom. The number of rotatable bonds is 8. The molecule has 39 heavy (non-hydrogen) atoms. The Morgan fingerprint density at radius 2 is 1.67 bits per heavy atom. The molecule has 1 aromatic heterocycles. The zero-order valence-electron chi connectivity index (χ0n) is 22.4. The fourth-order valence-corrected chi connectivity index (χ4v) is 5.54. The van der Waals surface area contributed by atoms with Crippen molar-refractivity contribution in [1.82, 2.24) is 4.57 Å². The summed E-state index contributed by atoms with van der Waals surface area (Å²) in [7, 11) is 0. The summed E-state index contributed by atoms with van der Waals surface area (Å²) in [6.07, 6.45) is 1.51. The van der Waals surface area contributed by atoms with Crippen LogP contribution in [0.3, 0.4) is 0 Å². The maximum atomic E-state index is 14.1. The molecule has 1 aliphatic rings. The topological polar surface area (TPSA) is 63.5 Å². The van der Waals surface area contributed by atoms with Crippen LogP contribution in [0.5, 0.6) is 0 Å². The van der Waals surface area contributed by atoms with E-state index in [9.17, 15) is 14.3 Å². The fraction of sp³-hybridized carbons (Fsp3) is 0.303. The van der Waals surface area contributed by atoms with Gasteiger partial charge in [-0.05, 0) is 72.7 Å². The molecule has 1 amide bonds. The number of hydrogen-bond donors (Lipinski definition) is 2. The van der Waals surface area contributed by atoms with Gasteiger partial charge in [0.2, 0.25) is 0 Å². The van der Waals surface area contributed by atoms with Gasteiger partial charge in [-0.15, -0.1) is 0 Å². The lowest BCUT2D eigenvalue weighted by Crippen LogP contribution is -2.30. The molecule has 3 aromatic carbocycles.